The Balaban J connectivity index is 0.00000106. The fourth-order valence-electron chi connectivity index (χ4n) is 2.10. The number of hydrogen-bond donors (Lipinski definition) is 2. The predicted molar refractivity (Wildman–Crippen MR) is 85.1 cm³/mol. The van der Waals surface area contributed by atoms with Gasteiger partial charge in [0.1, 0.15) is 0 Å². The second-order valence-electron chi connectivity index (χ2n) is 4.60. The third-order valence-electron chi connectivity index (χ3n) is 3.32. The van der Waals surface area contributed by atoms with Gasteiger partial charge in [-0.3, -0.25) is 9.69 Å². The second-order valence-corrected chi connectivity index (χ2v) is 4.60. The van der Waals surface area contributed by atoms with Crippen molar-refractivity contribution in [2.24, 2.45) is 5.73 Å². The first-order valence-electron chi connectivity index (χ1n) is 7.12. The molecule has 0 atom stereocenters. The number of benzene rings is 1. The Bertz CT molecular complexity index is 631. The van der Waals surface area contributed by atoms with Crippen molar-refractivity contribution >= 4 is 22.8 Å². The molecule has 114 valence electrons. The molecule has 0 aliphatic carbocycles. The Morgan fingerprint density at radius 1 is 1.29 bits per heavy atom. The fraction of sp³-hybridized carbons (Fsp3) is 0.375. The van der Waals surface area contributed by atoms with Crippen LogP contribution in [0.3, 0.4) is 0 Å². The maximum Gasteiger partial charge on any atom is 0.321 e. The second kappa shape index (κ2) is 7.47. The summed E-state index contributed by atoms with van der Waals surface area (Å²) in [5, 5.41) is 1.12. The number of primary amides is 1. The normalized spacial score (nSPS) is 9.90. The van der Waals surface area contributed by atoms with Crippen LogP contribution < -0.4 is 5.73 Å². The smallest absolute Gasteiger partial charge is 0.321 e. The van der Waals surface area contributed by atoms with Gasteiger partial charge in [-0.15, -0.1) is 0 Å². The average molecular weight is 289 g/mol. The minimum absolute atomic E-state index is 0.264. The van der Waals surface area contributed by atoms with E-state index in [9.17, 15) is 9.59 Å². The Morgan fingerprint density at radius 3 is 2.57 bits per heavy atom. The zero-order chi connectivity index (χ0) is 16.0. The first-order chi connectivity index (χ1) is 10.0. The number of para-hydroxylation sites is 1. The van der Waals surface area contributed by atoms with Crippen LogP contribution in [-0.2, 0) is 11.2 Å². The minimum atomic E-state index is -0.722. The number of aryl methyl sites for hydroxylation is 2. The molecule has 0 saturated carbocycles. The van der Waals surface area contributed by atoms with Crippen LogP contribution in [0.25, 0.3) is 10.9 Å². The number of urea groups is 1. The molecule has 1 heterocycles. The van der Waals surface area contributed by atoms with E-state index in [0.717, 1.165) is 21.4 Å². The lowest BCUT2D eigenvalue weighted by Gasteiger charge is -2.11. The van der Waals surface area contributed by atoms with Gasteiger partial charge < -0.3 is 10.7 Å². The lowest BCUT2D eigenvalue weighted by Crippen LogP contribution is -2.37. The van der Waals surface area contributed by atoms with E-state index < -0.39 is 6.03 Å². The number of fused-ring (bicyclic) bond motifs is 1. The molecule has 1 aromatic heterocycles. The molecule has 0 fully saturated rings. The molecule has 0 saturated heterocycles. The predicted octanol–water partition coefficient (Wildman–Crippen LogP) is 2.97. The summed E-state index contributed by atoms with van der Waals surface area (Å²) in [7, 11) is 1.39. The highest BCUT2D eigenvalue weighted by Gasteiger charge is 2.14. The summed E-state index contributed by atoms with van der Waals surface area (Å²) in [6.45, 7) is 6.04. The molecule has 3 amide bonds. The third-order valence-corrected chi connectivity index (χ3v) is 3.32. The minimum Gasteiger partial charge on any atom is -0.361 e. The number of carbonyl (C=O) groups excluding carboxylic acids is 2. The molecular formula is C16H23N3O2. The van der Waals surface area contributed by atoms with Crippen molar-refractivity contribution in [3.63, 3.8) is 0 Å². The maximum absolute atomic E-state index is 11.7. The molecule has 0 aliphatic rings. The van der Waals surface area contributed by atoms with Gasteiger partial charge in [-0.25, -0.2) is 4.79 Å². The number of aromatic nitrogens is 1. The summed E-state index contributed by atoms with van der Waals surface area (Å²) in [6, 6.07) is 5.33. The zero-order valence-electron chi connectivity index (χ0n) is 13.1. The molecular weight excluding hydrogens is 266 g/mol. The number of amides is 3. The van der Waals surface area contributed by atoms with Gasteiger partial charge in [-0.05, 0) is 24.5 Å². The average Bonchev–Trinajstić information content (AvgIpc) is 2.90. The number of hydrogen-bond acceptors (Lipinski definition) is 2. The summed E-state index contributed by atoms with van der Waals surface area (Å²) in [5.74, 6) is -0.269. The van der Waals surface area contributed by atoms with Crippen LogP contribution >= 0.6 is 0 Å². The first kappa shape index (κ1) is 16.8. The van der Waals surface area contributed by atoms with Crippen LogP contribution in [0.4, 0.5) is 4.79 Å². The molecule has 0 spiro atoms. The number of nitrogens with one attached hydrogen (secondary N) is 1. The van der Waals surface area contributed by atoms with Crippen molar-refractivity contribution in [2.75, 3.05) is 7.05 Å². The Kier molecular flexibility index (Phi) is 5.96. The van der Waals surface area contributed by atoms with Crippen LogP contribution in [-0.4, -0.2) is 28.9 Å². The lowest BCUT2D eigenvalue weighted by molar-refractivity contribution is -0.127. The van der Waals surface area contributed by atoms with Crippen molar-refractivity contribution in [2.45, 2.75) is 33.6 Å². The molecule has 0 bridgehead atoms. The van der Waals surface area contributed by atoms with Gasteiger partial charge in [-0.2, -0.15) is 0 Å². The zero-order valence-corrected chi connectivity index (χ0v) is 13.1. The number of H-pyrrole nitrogens is 1. The van der Waals surface area contributed by atoms with Crippen LogP contribution in [0.2, 0.25) is 0 Å². The highest BCUT2D eigenvalue weighted by atomic mass is 16.2. The topological polar surface area (TPSA) is 79.2 Å². The van der Waals surface area contributed by atoms with E-state index in [1.807, 2.05) is 45.2 Å². The fourth-order valence-corrected chi connectivity index (χ4v) is 2.10. The SMILES string of the molecule is CC.Cc1cccc2c(CCC(=O)N(C)C(N)=O)c[nH]c12. The van der Waals surface area contributed by atoms with E-state index in [1.54, 1.807) is 0 Å². The molecule has 0 radical (unpaired) electrons. The Morgan fingerprint density at radius 2 is 1.95 bits per heavy atom. The van der Waals surface area contributed by atoms with Gasteiger partial charge >= 0.3 is 6.03 Å². The first-order valence-corrected chi connectivity index (χ1v) is 7.12. The maximum atomic E-state index is 11.7. The van der Waals surface area contributed by atoms with Crippen LogP contribution in [0.5, 0.6) is 0 Å². The molecule has 1 aromatic carbocycles. The summed E-state index contributed by atoms with van der Waals surface area (Å²) in [6.07, 6.45) is 2.76. The van der Waals surface area contributed by atoms with Gasteiger partial charge in [0.2, 0.25) is 5.91 Å². The number of aromatic amines is 1. The van der Waals surface area contributed by atoms with E-state index in [-0.39, 0.29) is 12.3 Å². The van der Waals surface area contributed by atoms with E-state index >= 15 is 0 Å². The van der Waals surface area contributed by atoms with Crippen LogP contribution in [0.1, 0.15) is 31.4 Å². The van der Waals surface area contributed by atoms with E-state index in [1.165, 1.54) is 12.6 Å². The molecule has 21 heavy (non-hydrogen) atoms. The summed E-state index contributed by atoms with van der Waals surface area (Å²) in [5.41, 5.74) is 8.39. The van der Waals surface area contributed by atoms with Crippen molar-refractivity contribution < 1.29 is 9.59 Å². The molecule has 3 N–H and O–H groups in total. The highest BCUT2D eigenvalue weighted by molar-refractivity contribution is 5.93. The van der Waals surface area contributed by atoms with E-state index in [4.69, 9.17) is 5.73 Å². The Hall–Kier alpha value is -2.30. The van der Waals surface area contributed by atoms with Crippen molar-refractivity contribution in [3.8, 4) is 0 Å². The van der Waals surface area contributed by atoms with Crippen molar-refractivity contribution in [3.05, 3.63) is 35.5 Å². The molecule has 5 heteroatoms. The third kappa shape index (κ3) is 3.84. The summed E-state index contributed by atoms with van der Waals surface area (Å²) >= 11 is 0. The van der Waals surface area contributed by atoms with Gasteiger partial charge in [0.05, 0.1) is 0 Å². The standard InChI is InChI=1S/C14H17N3O2.C2H6/c1-9-4-3-5-11-10(8-16-13(9)11)6-7-12(18)17(2)14(15)19;1-2/h3-5,8,16H,6-7H2,1-2H3,(H2,15,19);1-2H3. The molecule has 2 rings (SSSR count). The number of nitrogens with two attached hydrogens (primary N) is 1. The summed E-state index contributed by atoms with van der Waals surface area (Å²) in [4.78, 5) is 26.7. The van der Waals surface area contributed by atoms with E-state index in [0.29, 0.717) is 6.42 Å². The van der Waals surface area contributed by atoms with Crippen LogP contribution in [0.15, 0.2) is 24.4 Å². The summed E-state index contributed by atoms with van der Waals surface area (Å²) < 4.78 is 0. The van der Waals surface area contributed by atoms with Gasteiger partial charge in [0.25, 0.3) is 0 Å². The van der Waals surface area contributed by atoms with Crippen molar-refractivity contribution in [1.82, 2.24) is 9.88 Å². The molecule has 2 aromatic rings. The molecule has 0 aliphatic heterocycles. The van der Waals surface area contributed by atoms with Crippen molar-refractivity contribution in [1.29, 1.82) is 0 Å². The molecule has 0 unspecified atom stereocenters. The lowest BCUT2D eigenvalue weighted by atomic mass is 10.1. The largest absolute Gasteiger partial charge is 0.361 e. The van der Waals surface area contributed by atoms with Gasteiger partial charge in [0, 0.05) is 30.6 Å². The quantitative estimate of drug-likeness (QED) is 0.911. The monoisotopic (exact) mass is 289 g/mol. The van der Waals surface area contributed by atoms with Crippen LogP contribution in [0, 0.1) is 6.92 Å². The molecule has 5 nitrogen and oxygen atoms in total. The number of carbonyl (C=O) groups is 2. The number of imide groups is 1. The number of rotatable bonds is 3. The van der Waals surface area contributed by atoms with E-state index in [2.05, 4.69) is 4.98 Å². The Labute approximate surface area is 125 Å². The number of nitrogens with zero attached hydrogens (tertiary/aromatic N) is 1. The highest BCUT2D eigenvalue weighted by Crippen LogP contribution is 2.22. The van der Waals surface area contributed by atoms with Gasteiger partial charge in [-0.1, -0.05) is 32.0 Å². The van der Waals surface area contributed by atoms with Gasteiger partial charge in [0.15, 0.2) is 0 Å².